The van der Waals surface area contributed by atoms with Gasteiger partial charge in [-0.15, -0.1) is 6.58 Å². The predicted octanol–water partition coefficient (Wildman–Crippen LogP) is 4.83. The predicted molar refractivity (Wildman–Crippen MR) is 204 cm³/mol. The van der Waals surface area contributed by atoms with Gasteiger partial charge in [0.1, 0.15) is 29.5 Å². The van der Waals surface area contributed by atoms with Gasteiger partial charge < -0.3 is 25.0 Å². The summed E-state index contributed by atoms with van der Waals surface area (Å²) in [5.41, 5.74) is 2.68. The third kappa shape index (κ3) is 8.13. The third-order valence-electron chi connectivity index (χ3n) is 11.2. The minimum Gasteiger partial charge on any atom is -0.483 e. The number of benzene rings is 1. The highest BCUT2D eigenvalue weighted by molar-refractivity contribution is 7.91. The summed E-state index contributed by atoms with van der Waals surface area (Å²) in [5, 5.41) is 6.58. The Morgan fingerprint density at radius 1 is 1.15 bits per heavy atom. The van der Waals surface area contributed by atoms with Gasteiger partial charge in [0.2, 0.25) is 21.8 Å². The van der Waals surface area contributed by atoms with Crippen molar-refractivity contribution < 1.29 is 37.1 Å². The van der Waals surface area contributed by atoms with Crippen LogP contribution in [0.5, 0.6) is 5.75 Å². The number of allylic oxidation sites excluding steroid dienone is 1. The summed E-state index contributed by atoms with van der Waals surface area (Å²) >= 11 is 0. The molecule has 14 heteroatoms. The molecule has 3 aliphatic heterocycles. The van der Waals surface area contributed by atoms with Crippen LogP contribution in [0.25, 0.3) is 10.9 Å². The van der Waals surface area contributed by atoms with Crippen LogP contribution in [0.1, 0.15) is 95.4 Å². The normalized spacial score (nSPS) is 27.8. The van der Waals surface area contributed by atoms with Crippen molar-refractivity contribution in [2.75, 3.05) is 6.54 Å². The van der Waals surface area contributed by atoms with Crippen molar-refractivity contribution in [2.24, 2.45) is 5.92 Å². The van der Waals surface area contributed by atoms with Gasteiger partial charge in [-0.05, 0) is 91.7 Å². The number of nitrogens with zero attached hydrogens (tertiary/aromatic N) is 2. The van der Waals surface area contributed by atoms with E-state index >= 15 is 0 Å². The summed E-state index contributed by atoms with van der Waals surface area (Å²) in [7, 11) is -4.03. The van der Waals surface area contributed by atoms with Crippen LogP contribution in [0.15, 0.2) is 43.0 Å². The number of fused-ring (bicyclic) bond motifs is 4. The van der Waals surface area contributed by atoms with Crippen LogP contribution < -0.4 is 20.1 Å². The summed E-state index contributed by atoms with van der Waals surface area (Å²) in [6.07, 6.45) is 9.15. The average molecular weight is 764 g/mol. The second kappa shape index (κ2) is 15.3. The number of aryl methyl sites for hydroxylation is 3. The van der Waals surface area contributed by atoms with Gasteiger partial charge in [-0.2, -0.15) is 0 Å². The maximum atomic E-state index is 14.6. The van der Waals surface area contributed by atoms with Crippen molar-refractivity contribution in [2.45, 2.75) is 133 Å². The second-order valence-corrected chi connectivity index (χ2v) is 18.1. The van der Waals surface area contributed by atoms with E-state index in [4.69, 9.17) is 14.5 Å². The van der Waals surface area contributed by atoms with E-state index in [9.17, 15) is 27.6 Å². The lowest BCUT2D eigenvalue weighted by Crippen LogP contribution is -2.58. The molecule has 0 radical (unpaired) electrons. The number of aromatic nitrogens is 1. The van der Waals surface area contributed by atoms with E-state index in [0.29, 0.717) is 56.4 Å². The van der Waals surface area contributed by atoms with Gasteiger partial charge >= 0.3 is 6.09 Å². The van der Waals surface area contributed by atoms with E-state index in [-0.39, 0.29) is 13.0 Å². The average Bonchev–Trinajstić information content (AvgIpc) is 3.78. The largest absolute Gasteiger partial charge is 0.483 e. The molecule has 5 atom stereocenters. The van der Waals surface area contributed by atoms with E-state index in [1.165, 1.54) is 11.0 Å². The first-order valence-electron chi connectivity index (χ1n) is 19.1. The zero-order valence-corrected chi connectivity index (χ0v) is 32.7. The molecule has 4 heterocycles. The van der Waals surface area contributed by atoms with Crippen LogP contribution in [0, 0.1) is 19.8 Å². The molecule has 1 aromatic carbocycles. The third-order valence-corrected chi connectivity index (χ3v) is 13.4. The zero-order valence-electron chi connectivity index (χ0n) is 31.9. The summed E-state index contributed by atoms with van der Waals surface area (Å²) in [5.74, 6) is -2.12. The Hall–Kier alpha value is -4.46. The lowest BCUT2D eigenvalue weighted by molar-refractivity contribution is -0.141. The first kappa shape index (κ1) is 39.2. The molecule has 2 fully saturated rings. The van der Waals surface area contributed by atoms with Gasteiger partial charge in [-0.3, -0.25) is 19.1 Å². The number of amides is 4. The maximum Gasteiger partial charge on any atom is 0.408 e. The number of carbonyl (C=O) groups excluding carboxylic acids is 4. The summed E-state index contributed by atoms with van der Waals surface area (Å²) in [6.45, 7) is 12.9. The SMILES string of the molecule is C=C[C@H]1/C=C\CCCCC[C@H](NC(=O)OC(C)C)C(=O)N2C[C@@]3(CCc4c(c(C)nc5ccc(C)cc45)O3)C[C@H]2C(=O)NC1C(=O)NS(=O)(=O)C1(C)CC1. The fourth-order valence-corrected chi connectivity index (χ4v) is 9.08. The molecule has 3 N–H and O–H groups in total. The summed E-state index contributed by atoms with van der Waals surface area (Å²) in [4.78, 5) is 62.2. The molecule has 13 nitrogen and oxygen atoms in total. The fourth-order valence-electron chi connectivity index (χ4n) is 7.80. The van der Waals surface area contributed by atoms with Crippen molar-refractivity contribution in [3.05, 3.63) is 59.8 Å². The lowest BCUT2D eigenvalue weighted by Gasteiger charge is -2.36. The van der Waals surface area contributed by atoms with Crippen LogP contribution in [-0.2, 0) is 35.6 Å². The molecule has 1 aliphatic carbocycles. The van der Waals surface area contributed by atoms with E-state index in [0.717, 1.165) is 34.9 Å². The Kier molecular flexibility index (Phi) is 11.2. The molecular weight excluding hydrogens is 711 g/mol. The highest BCUT2D eigenvalue weighted by Crippen LogP contribution is 2.45. The molecule has 292 valence electrons. The number of nitrogens with one attached hydrogen (secondary N) is 3. The standard InChI is InChI=1S/C40H53N5O8S/c1-7-27-13-11-9-8-10-12-14-31(42-38(49)52-24(2)3)37(48)45-23-40(18-17-28-29-21-25(4)15-16-30(29)41-26(5)34(28)53-40)22-32(45)35(46)43-33(27)36(47)44-54(50,51)39(6)19-20-39/h7,11,13,15-16,21,24,27,31-33H,1,8-10,12,14,17-20,22-23H2,2-6H3,(H,42,49)(H,43,46)(H,44,47)/b13-11-/t27-,31-,32-,33?,40+/m0/s1. The Morgan fingerprint density at radius 3 is 2.61 bits per heavy atom. The molecule has 4 amide bonds. The van der Waals surface area contributed by atoms with Crippen molar-refractivity contribution in [1.82, 2.24) is 25.2 Å². The van der Waals surface area contributed by atoms with Crippen LogP contribution in [-0.4, -0.2) is 83.2 Å². The molecule has 1 aromatic heterocycles. The molecule has 1 saturated carbocycles. The van der Waals surface area contributed by atoms with Gasteiger partial charge in [-0.1, -0.05) is 42.7 Å². The molecule has 54 heavy (non-hydrogen) atoms. The second-order valence-electron chi connectivity index (χ2n) is 15.9. The number of sulfonamides is 1. The van der Waals surface area contributed by atoms with Crippen LogP contribution in [0.2, 0.25) is 0 Å². The molecule has 6 rings (SSSR count). The Bertz CT molecular complexity index is 1980. The van der Waals surface area contributed by atoms with Gasteiger partial charge in [0.15, 0.2) is 0 Å². The van der Waals surface area contributed by atoms with Crippen LogP contribution in [0.3, 0.4) is 0 Å². The number of hydrogen-bond acceptors (Lipinski definition) is 9. The number of ether oxygens (including phenoxy) is 2. The topological polar surface area (TPSA) is 173 Å². The molecule has 4 aliphatic rings. The minimum atomic E-state index is -4.03. The number of rotatable bonds is 6. The van der Waals surface area contributed by atoms with E-state index in [1.54, 1.807) is 26.8 Å². The summed E-state index contributed by atoms with van der Waals surface area (Å²) < 4.78 is 39.7. The highest BCUT2D eigenvalue weighted by Gasteiger charge is 2.54. The van der Waals surface area contributed by atoms with Crippen molar-refractivity contribution in [3.63, 3.8) is 0 Å². The molecule has 1 spiro atoms. The first-order valence-corrected chi connectivity index (χ1v) is 20.6. The quantitative estimate of drug-likeness (QED) is 0.349. The van der Waals surface area contributed by atoms with Crippen LogP contribution in [0.4, 0.5) is 4.79 Å². The molecule has 2 aromatic rings. The monoisotopic (exact) mass is 763 g/mol. The van der Waals surface area contributed by atoms with Crippen molar-refractivity contribution in [1.29, 1.82) is 0 Å². The van der Waals surface area contributed by atoms with Gasteiger partial charge in [0.05, 0.1) is 28.6 Å². The van der Waals surface area contributed by atoms with E-state index in [1.807, 2.05) is 32.1 Å². The first-order chi connectivity index (χ1) is 25.5. The smallest absolute Gasteiger partial charge is 0.408 e. The van der Waals surface area contributed by atoms with Gasteiger partial charge in [0.25, 0.3) is 5.91 Å². The van der Waals surface area contributed by atoms with Gasteiger partial charge in [-0.25, -0.2) is 18.2 Å². The zero-order chi connectivity index (χ0) is 39.0. The fraction of sp³-hybridized carbons (Fsp3) is 0.575. The number of hydrogen-bond donors (Lipinski definition) is 3. The van der Waals surface area contributed by atoms with E-state index < -0.39 is 74.3 Å². The van der Waals surface area contributed by atoms with E-state index in [2.05, 4.69) is 28.0 Å². The molecule has 0 bridgehead atoms. The number of alkyl carbamates (subject to hydrolysis) is 1. The number of carbonyl (C=O) groups is 4. The Labute approximate surface area is 317 Å². The summed E-state index contributed by atoms with van der Waals surface area (Å²) in [6, 6.07) is 2.65. The number of pyridine rings is 1. The van der Waals surface area contributed by atoms with Crippen molar-refractivity contribution >= 4 is 44.7 Å². The van der Waals surface area contributed by atoms with Gasteiger partial charge in [0, 0.05) is 23.3 Å². The lowest BCUT2D eigenvalue weighted by atomic mass is 9.87. The highest BCUT2D eigenvalue weighted by atomic mass is 32.2. The van der Waals surface area contributed by atoms with Crippen LogP contribution >= 0.6 is 0 Å². The Morgan fingerprint density at radius 2 is 1.91 bits per heavy atom. The minimum absolute atomic E-state index is 0.0421. The Balaban J connectivity index is 1.37. The molecular formula is C40H53N5O8S. The molecule has 1 unspecified atom stereocenters. The maximum absolute atomic E-state index is 14.6. The molecule has 1 saturated heterocycles. The van der Waals surface area contributed by atoms with Crippen molar-refractivity contribution in [3.8, 4) is 5.75 Å².